The minimum Gasteiger partial charge on any atom is -0.456 e. The van der Waals surface area contributed by atoms with E-state index in [2.05, 4.69) is 10.6 Å². The van der Waals surface area contributed by atoms with Gasteiger partial charge in [-0.3, -0.25) is 14.4 Å². The first-order valence-electron chi connectivity index (χ1n) is 8.29. The van der Waals surface area contributed by atoms with E-state index in [4.69, 9.17) is 39.5 Å². The van der Waals surface area contributed by atoms with Gasteiger partial charge in [0.2, 0.25) is 5.91 Å². The van der Waals surface area contributed by atoms with E-state index >= 15 is 0 Å². The van der Waals surface area contributed by atoms with Crippen molar-refractivity contribution in [3.05, 3.63) is 57.5 Å². The number of hydrogen-bond donors (Lipinski definition) is 2. The van der Waals surface area contributed by atoms with Crippen molar-refractivity contribution in [3.63, 3.8) is 0 Å². The first-order valence-corrected chi connectivity index (χ1v) is 9.43. The lowest BCUT2D eigenvalue weighted by atomic mass is 10.2. The number of hydrogen-bond acceptors (Lipinski definition) is 4. The zero-order valence-electron chi connectivity index (χ0n) is 14.6. The van der Waals surface area contributed by atoms with Crippen LogP contribution >= 0.6 is 34.8 Å². The topological polar surface area (TPSA) is 84.5 Å². The van der Waals surface area contributed by atoms with Crippen LogP contribution in [0.15, 0.2) is 42.5 Å². The third-order valence-electron chi connectivity index (χ3n) is 3.48. The van der Waals surface area contributed by atoms with E-state index in [0.717, 1.165) is 0 Å². The molecule has 2 amide bonds. The SMILES string of the molecule is O=C(CCCC(=O)OCC(=O)Nc1cc(Cl)ccc1Cl)Nc1ccc(Cl)cc1. The number of amides is 2. The maximum atomic E-state index is 11.8. The van der Waals surface area contributed by atoms with E-state index in [9.17, 15) is 14.4 Å². The zero-order chi connectivity index (χ0) is 20.5. The summed E-state index contributed by atoms with van der Waals surface area (Å²) in [5.41, 5.74) is 0.947. The molecule has 0 spiro atoms. The van der Waals surface area contributed by atoms with Gasteiger partial charge in [0, 0.05) is 28.6 Å². The fourth-order valence-electron chi connectivity index (χ4n) is 2.15. The Hall–Kier alpha value is -2.28. The molecule has 9 heteroatoms. The van der Waals surface area contributed by atoms with Crippen LogP contribution in [-0.4, -0.2) is 24.4 Å². The molecule has 0 atom stereocenters. The van der Waals surface area contributed by atoms with Crippen molar-refractivity contribution in [2.45, 2.75) is 19.3 Å². The smallest absolute Gasteiger partial charge is 0.306 e. The minimum absolute atomic E-state index is 0.0131. The molecule has 0 unspecified atom stereocenters. The van der Waals surface area contributed by atoms with Crippen LogP contribution in [0.2, 0.25) is 15.1 Å². The van der Waals surface area contributed by atoms with Gasteiger partial charge in [0.25, 0.3) is 5.91 Å². The number of rotatable bonds is 8. The standard InChI is InChI=1S/C19H17Cl3N2O4/c20-12-4-7-14(8-5-12)23-17(25)2-1-3-19(27)28-11-18(26)24-16-10-13(21)6-9-15(16)22/h4-10H,1-3,11H2,(H,23,25)(H,24,26). The number of nitrogens with one attached hydrogen (secondary N) is 2. The van der Waals surface area contributed by atoms with Crippen molar-refractivity contribution in [1.82, 2.24) is 0 Å². The fraction of sp³-hybridized carbons (Fsp3) is 0.211. The Morgan fingerprint density at radius 1 is 0.821 bits per heavy atom. The van der Waals surface area contributed by atoms with Gasteiger partial charge in [0.15, 0.2) is 6.61 Å². The summed E-state index contributed by atoms with van der Waals surface area (Å²) in [7, 11) is 0. The van der Waals surface area contributed by atoms with Crippen LogP contribution in [0.4, 0.5) is 11.4 Å². The van der Waals surface area contributed by atoms with Crippen molar-refractivity contribution in [2.24, 2.45) is 0 Å². The first-order chi connectivity index (χ1) is 13.3. The van der Waals surface area contributed by atoms with E-state index in [1.807, 2.05) is 0 Å². The Morgan fingerprint density at radius 3 is 2.21 bits per heavy atom. The Labute approximate surface area is 177 Å². The zero-order valence-corrected chi connectivity index (χ0v) is 16.9. The van der Waals surface area contributed by atoms with E-state index < -0.39 is 18.5 Å². The third-order valence-corrected chi connectivity index (χ3v) is 4.30. The van der Waals surface area contributed by atoms with E-state index in [1.54, 1.807) is 36.4 Å². The molecule has 2 aromatic rings. The van der Waals surface area contributed by atoms with Gasteiger partial charge in [0.1, 0.15) is 0 Å². The molecule has 0 saturated carbocycles. The molecule has 0 bridgehead atoms. The average molecular weight is 444 g/mol. The van der Waals surface area contributed by atoms with Crippen molar-refractivity contribution in [3.8, 4) is 0 Å². The molecule has 0 saturated heterocycles. The largest absolute Gasteiger partial charge is 0.456 e. The minimum atomic E-state index is -0.577. The second-order valence-corrected chi connectivity index (χ2v) is 7.02. The Balaban J connectivity index is 1.65. The maximum Gasteiger partial charge on any atom is 0.306 e. The van der Waals surface area contributed by atoms with Crippen LogP contribution in [-0.2, 0) is 19.1 Å². The molecule has 0 aliphatic rings. The maximum absolute atomic E-state index is 11.8. The molecular formula is C19H17Cl3N2O4. The van der Waals surface area contributed by atoms with Crippen LogP contribution < -0.4 is 10.6 Å². The molecule has 0 fully saturated rings. The van der Waals surface area contributed by atoms with Gasteiger partial charge < -0.3 is 15.4 Å². The molecule has 148 valence electrons. The summed E-state index contributed by atoms with van der Waals surface area (Å²) in [6.07, 6.45) is 0.446. The monoisotopic (exact) mass is 442 g/mol. The van der Waals surface area contributed by atoms with Gasteiger partial charge in [-0.1, -0.05) is 34.8 Å². The van der Waals surface area contributed by atoms with Crippen LogP contribution in [0.1, 0.15) is 19.3 Å². The van der Waals surface area contributed by atoms with Crippen molar-refractivity contribution < 1.29 is 19.1 Å². The highest BCUT2D eigenvalue weighted by molar-refractivity contribution is 6.35. The van der Waals surface area contributed by atoms with Crippen molar-refractivity contribution in [2.75, 3.05) is 17.2 Å². The molecule has 0 radical (unpaired) electrons. The summed E-state index contributed by atoms with van der Waals surface area (Å²) in [5.74, 6) is -1.35. The molecule has 0 aromatic heterocycles. The Kier molecular flexibility index (Phi) is 8.57. The molecule has 2 N–H and O–H groups in total. The summed E-state index contributed by atoms with van der Waals surface area (Å²) >= 11 is 17.5. The molecular weight excluding hydrogens is 427 g/mol. The molecule has 2 rings (SSSR count). The molecule has 2 aromatic carbocycles. The summed E-state index contributed by atoms with van der Waals surface area (Å²) in [6.45, 7) is -0.460. The Bertz CT molecular complexity index is 857. The second-order valence-electron chi connectivity index (χ2n) is 5.74. The Morgan fingerprint density at radius 2 is 1.50 bits per heavy atom. The van der Waals surface area contributed by atoms with Crippen molar-refractivity contribution >= 4 is 64.0 Å². The van der Waals surface area contributed by atoms with E-state index in [0.29, 0.717) is 32.9 Å². The van der Waals surface area contributed by atoms with Crippen LogP contribution in [0.5, 0.6) is 0 Å². The first kappa shape index (κ1) is 22.0. The number of ether oxygens (including phenoxy) is 1. The number of carbonyl (C=O) groups excluding carboxylic acids is 3. The molecule has 0 aliphatic heterocycles. The highest BCUT2D eigenvalue weighted by Gasteiger charge is 2.11. The third kappa shape index (κ3) is 7.76. The number of benzene rings is 2. The predicted octanol–water partition coefficient (Wildman–Crippen LogP) is 4.94. The lowest BCUT2D eigenvalue weighted by Crippen LogP contribution is -2.21. The number of esters is 1. The predicted molar refractivity (Wildman–Crippen MR) is 110 cm³/mol. The summed E-state index contributed by atoms with van der Waals surface area (Å²) < 4.78 is 4.89. The fourth-order valence-corrected chi connectivity index (χ4v) is 2.61. The molecule has 0 aliphatic carbocycles. The number of anilines is 2. The van der Waals surface area contributed by atoms with Crippen molar-refractivity contribution in [1.29, 1.82) is 0 Å². The van der Waals surface area contributed by atoms with Gasteiger partial charge >= 0.3 is 5.97 Å². The second kappa shape index (κ2) is 10.9. The van der Waals surface area contributed by atoms with Gasteiger partial charge in [-0.25, -0.2) is 0 Å². The lowest BCUT2D eigenvalue weighted by molar-refractivity contribution is -0.147. The van der Waals surface area contributed by atoms with Crippen LogP contribution in [0.3, 0.4) is 0 Å². The van der Waals surface area contributed by atoms with Gasteiger partial charge in [-0.05, 0) is 48.9 Å². The van der Waals surface area contributed by atoms with Gasteiger partial charge in [-0.15, -0.1) is 0 Å². The summed E-state index contributed by atoms with van der Waals surface area (Å²) in [5, 5.41) is 6.50. The highest BCUT2D eigenvalue weighted by Crippen LogP contribution is 2.25. The van der Waals surface area contributed by atoms with Crippen LogP contribution in [0.25, 0.3) is 0 Å². The number of carbonyl (C=O) groups is 3. The van der Waals surface area contributed by atoms with E-state index in [1.165, 1.54) is 6.07 Å². The molecule has 6 nitrogen and oxygen atoms in total. The van der Waals surface area contributed by atoms with Gasteiger partial charge in [0.05, 0.1) is 10.7 Å². The lowest BCUT2D eigenvalue weighted by Gasteiger charge is -2.08. The quantitative estimate of drug-likeness (QED) is 0.566. The average Bonchev–Trinajstić information content (AvgIpc) is 2.65. The normalized spacial score (nSPS) is 10.2. The van der Waals surface area contributed by atoms with E-state index in [-0.39, 0.29) is 18.7 Å². The summed E-state index contributed by atoms with van der Waals surface area (Å²) in [4.78, 5) is 35.4. The van der Waals surface area contributed by atoms with Crippen LogP contribution in [0, 0.1) is 0 Å². The summed E-state index contributed by atoms with van der Waals surface area (Å²) in [6, 6.07) is 11.3. The highest BCUT2D eigenvalue weighted by atomic mass is 35.5. The number of halogens is 3. The van der Waals surface area contributed by atoms with Gasteiger partial charge in [-0.2, -0.15) is 0 Å². The molecule has 0 heterocycles. The molecule has 28 heavy (non-hydrogen) atoms.